The smallest absolute Gasteiger partial charge is 0.133 e. The van der Waals surface area contributed by atoms with E-state index in [1.54, 1.807) is 7.11 Å². The van der Waals surface area contributed by atoms with E-state index in [-0.39, 0.29) is 6.04 Å². The summed E-state index contributed by atoms with van der Waals surface area (Å²) in [6.45, 7) is 4.10. The fourth-order valence-corrected chi connectivity index (χ4v) is 2.99. The molecule has 2 aromatic rings. The van der Waals surface area contributed by atoms with Gasteiger partial charge in [-0.1, -0.05) is 23.7 Å². The summed E-state index contributed by atoms with van der Waals surface area (Å²) in [5, 5.41) is 0.701. The molecule has 20 heavy (non-hydrogen) atoms. The monoisotopic (exact) mass is 353 g/mol. The van der Waals surface area contributed by atoms with Crippen molar-refractivity contribution in [3.05, 3.63) is 62.1 Å². The van der Waals surface area contributed by atoms with Crippen molar-refractivity contribution in [2.75, 3.05) is 7.11 Å². The summed E-state index contributed by atoms with van der Waals surface area (Å²) in [5.74, 6) is 0.784. The van der Waals surface area contributed by atoms with Gasteiger partial charge in [-0.25, -0.2) is 0 Å². The Bertz CT molecular complexity index is 643. The third-order valence-electron chi connectivity index (χ3n) is 3.48. The van der Waals surface area contributed by atoms with Crippen LogP contribution in [0.3, 0.4) is 0 Å². The van der Waals surface area contributed by atoms with E-state index in [4.69, 9.17) is 22.1 Å². The van der Waals surface area contributed by atoms with Gasteiger partial charge in [0.25, 0.3) is 0 Å². The highest BCUT2D eigenvalue weighted by atomic mass is 79.9. The van der Waals surface area contributed by atoms with Crippen LogP contribution in [-0.4, -0.2) is 7.11 Å². The molecule has 2 N–H and O–H groups in total. The Balaban J connectivity index is 2.43. The van der Waals surface area contributed by atoms with Crippen LogP contribution >= 0.6 is 27.5 Å². The molecular weight excluding hydrogens is 338 g/mol. The van der Waals surface area contributed by atoms with Crippen LogP contribution in [0.15, 0.2) is 34.8 Å². The van der Waals surface area contributed by atoms with Crippen LogP contribution in [0.25, 0.3) is 0 Å². The quantitative estimate of drug-likeness (QED) is 0.861. The number of hydrogen-bond donors (Lipinski definition) is 1. The topological polar surface area (TPSA) is 35.2 Å². The number of halogens is 2. The van der Waals surface area contributed by atoms with Gasteiger partial charge in [-0.15, -0.1) is 0 Å². The highest BCUT2D eigenvalue weighted by molar-refractivity contribution is 9.10. The number of benzene rings is 2. The van der Waals surface area contributed by atoms with E-state index in [0.29, 0.717) is 5.02 Å². The van der Waals surface area contributed by atoms with Crippen molar-refractivity contribution in [1.29, 1.82) is 0 Å². The molecule has 0 aromatic heterocycles. The second-order valence-corrected chi connectivity index (χ2v) is 6.09. The second-order valence-electron chi connectivity index (χ2n) is 4.83. The molecule has 2 nitrogen and oxygen atoms in total. The Kier molecular flexibility index (Phi) is 4.74. The molecule has 0 radical (unpaired) electrons. The van der Waals surface area contributed by atoms with Gasteiger partial charge in [0.1, 0.15) is 5.75 Å². The fourth-order valence-electron chi connectivity index (χ4n) is 2.10. The molecule has 2 aromatic carbocycles. The molecule has 0 aliphatic carbocycles. The van der Waals surface area contributed by atoms with Crippen molar-refractivity contribution in [3.8, 4) is 5.75 Å². The van der Waals surface area contributed by atoms with E-state index in [2.05, 4.69) is 28.9 Å². The maximum Gasteiger partial charge on any atom is 0.133 e. The lowest BCUT2D eigenvalue weighted by molar-refractivity contribution is 0.412. The highest BCUT2D eigenvalue weighted by Gasteiger charge is 2.15. The SMILES string of the molecule is COc1ccc(C(N)c2cc(C)c(C)cc2Cl)cc1Br. The van der Waals surface area contributed by atoms with Crippen LogP contribution < -0.4 is 10.5 Å². The normalized spacial score (nSPS) is 12.3. The summed E-state index contributed by atoms with van der Waals surface area (Å²) in [6.07, 6.45) is 0. The first-order valence-electron chi connectivity index (χ1n) is 6.29. The van der Waals surface area contributed by atoms with Gasteiger partial charge in [-0.05, 0) is 70.2 Å². The first-order chi connectivity index (χ1) is 9.43. The lowest BCUT2D eigenvalue weighted by atomic mass is 9.96. The van der Waals surface area contributed by atoms with E-state index in [0.717, 1.165) is 21.3 Å². The number of aryl methyl sites for hydroxylation is 2. The van der Waals surface area contributed by atoms with Crippen LogP contribution in [0, 0.1) is 13.8 Å². The standard InChI is InChI=1S/C16H17BrClNO/c1-9-6-12(14(18)7-10(9)2)16(19)11-4-5-15(20-3)13(17)8-11/h4-8,16H,19H2,1-3H3. The van der Waals surface area contributed by atoms with Crippen molar-refractivity contribution >= 4 is 27.5 Å². The molecule has 2 rings (SSSR count). The van der Waals surface area contributed by atoms with E-state index in [1.807, 2.05) is 31.2 Å². The molecule has 1 unspecified atom stereocenters. The van der Waals surface area contributed by atoms with E-state index >= 15 is 0 Å². The second kappa shape index (κ2) is 6.17. The Hall–Kier alpha value is -1.03. The van der Waals surface area contributed by atoms with Gasteiger partial charge in [-0.2, -0.15) is 0 Å². The molecule has 4 heteroatoms. The minimum Gasteiger partial charge on any atom is -0.496 e. The first kappa shape index (κ1) is 15.4. The molecule has 0 amide bonds. The third kappa shape index (κ3) is 3.00. The number of rotatable bonds is 3. The Morgan fingerprint density at radius 2 is 1.80 bits per heavy atom. The first-order valence-corrected chi connectivity index (χ1v) is 7.46. The number of nitrogens with two attached hydrogens (primary N) is 1. The van der Waals surface area contributed by atoms with Gasteiger partial charge in [0.05, 0.1) is 17.6 Å². The summed E-state index contributed by atoms with van der Waals surface area (Å²) in [4.78, 5) is 0. The zero-order valence-electron chi connectivity index (χ0n) is 11.7. The highest BCUT2D eigenvalue weighted by Crippen LogP contribution is 2.33. The van der Waals surface area contributed by atoms with Gasteiger partial charge in [0.2, 0.25) is 0 Å². The third-order valence-corrected chi connectivity index (χ3v) is 4.43. The van der Waals surface area contributed by atoms with Crippen molar-refractivity contribution in [2.24, 2.45) is 5.73 Å². The molecule has 1 atom stereocenters. The van der Waals surface area contributed by atoms with Gasteiger partial charge in [0, 0.05) is 5.02 Å². The lowest BCUT2D eigenvalue weighted by Crippen LogP contribution is -2.13. The summed E-state index contributed by atoms with van der Waals surface area (Å²) in [7, 11) is 1.64. The maximum atomic E-state index is 6.35. The Labute approximate surface area is 133 Å². The Morgan fingerprint density at radius 1 is 1.15 bits per heavy atom. The van der Waals surface area contributed by atoms with Crippen molar-refractivity contribution in [2.45, 2.75) is 19.9 Å². The predicted octanol–water partition coefficient (Wildman–Crippen LogP) is 4.78. The van der Waals surface area contributed by atoms with E-state index < -0.39 is 0 Å². The minimum atomic E-state index is -0.260. The van der Waals surface area contributed by atoms with Crippen LogP contribution in [0.4, 0.5) is 0 Å². The van der Waals surface area contributed by atoms with Crippen LogP contribution in [0.2, 0.25) is 5.02 Å². The largest absolute Gasteiger partial charge is 0.496 e. The van der Waals surface area contributed by atoms with E-state index in [9.17, 15) is 0 Å². The molecule has 0 saturated carbocycles. The number of hydrogen-bond acceptors (Lipinski definition) is 2. The zero-order chi connectivity index (χ0) is 14.9. The summed E-state index contributed by atoms with van der Waals surface area (Å²) in [6, 6.07) is 9.58. The van der Waals surface area contributed by atoms with E-state index in [1.165, 1.54) is 11.1 Å². The van der Waals surface area contributed by atoms with Gasteiger partial charge in [0.15, 0.2) is 0 Å². The average molecular weight is 355 g/mol. The molecule has 106 valence electrons. The molecule has 0 spiro atoms. The maximum absolute atomic E-state index is 6.35. The molecule has 0 saturated heterocycles. The summed E-state index contributed by atoms with van der Waals surface area (Å²) in [5.41, 5.74) is 10.6. The lowest BCUT2D eigenvalue weighted by Gasteiger charge is -2.17. The molecule has 0 aliphatic heterocycles. The minimum absolute atomic E-state index is 0.260. The van der Waals surface area contributed by atoms with Crippen molar-refractivity contribution in [3.63, 3.8) is 0 Å². The summed E-state index contributed by atoms with van der Waals surface area (Å²) >= 11 is 9.81. The molecule has 0 aliphatic rings. The van der Waals surface area contributed by atoms with Crippen LogP contribution in [0.5, 0.6) is 5.75 Å². The average Bonchev–Trinajstić information content (AvgIpc) is 2.42. The molecule has 0 heterocycles. The summed E-state index contributed by atoms with van der Waals surface area (Å²) < 4.78 is 6.11. The zero-order valence-corrected chi connectivity index (χ0v) is 14.0. The predicted molar refractivity (Wildman–Crippen MR) is 87.7 cm³/mol. The van der Waals surface area contributed by atoms with Gasteiger partial charge < -0.3 is 10.5 Å². The van der Waals surface area contributed by atoms with Gasteiger partial charge in [-0.3, -0.25) is 0 Å². The molecular formula is C16H17BrClNO. The molecule has 0 fully saturated rings. The van der Waals surface area contributed by atoms with Crippen LogP contribution in [0.1, 0.15) is 28.3 Å². The number of methoxy groups -OCH3 is 1. The Morgan fingerprint density at radius 3 is 2.40 bits per heavy atom. The van der Waals surface area contributed by atoms with Crippen LogP contribution in [-0.2, 0) is 0 Å². The number of ether oxygens (including phenoxy) is 1. The van der Waals surface area contributed by atoms with Crippen molar-refractivity contribution in [1.82, 2.24) is 0 Å². The van der Waals surface area contributed by atoms with Gasteiger partial charge >= 0.3 is 0 Å². The fraction of sp³-hybridized carbons (Fsp3) is 0.250. The van der Waals surface area contributed by atoms with Crippen molar-refractivity contribution < 1.29 is 4.74 Å². The molecule has 0 bridgehead atoms.